The Hall–Kier alpha value is -1.35. The van der Waals surface area contributed by atoms with E-state index in [0.717, 1.165) is 0 Å². The van der Waals surface area contributed by atoms with Crippen molar-refractivity contribution in [3.63, 3.8) is 0 Å². The zero-order valence-corrected chi connectivity index (χ0v) is 16.8. The Bertz CT molecular complexity index is 1130. The fourth-order valence-corrected chi connectivity index (χ4v) is 5.33. The van der Waals surface area contributed by atoms with Gasteiger partial charge in [-0.05, 0) is 29.8 Å². The predicted molar refractivity (Wildman–Crippen MR) is 108 cm³/mol. The van der Waals surface area contributed by atoms with E-state index < -0.39 is 15.9 Å². The highest BCUT2D eigenvalue weighted by molar-refractivity contribution is 7.88. The van der Waals surface area contributed by atoms with Gasteiger partial charge in [0.1, 0.15) is 4.88 Å². The molecular formula is C16H11Cl3N2O3S2. The standard InChI is InChI=1S/C16H11Cl3N2O3S2/c17-9-5-11(18)13-12(6-9)25-15(14(13)19)16(22)21-10-3-1-2-8(4-10)7-26(20,23)24/h1-6H,7H2,(H,21,22)(H2,20,23,24). The van der Waals surface area contributed by atoms with Gasteiger partial charge in [-0.1, -0.05) is 46.9 Å². The second-order valence-electron chi connectivity index (χ2n) is 5.47. The van der Waals surface area contributed by atoms with Gasteiger partial charge in [-0.3, -0.25) is 4.79 Å². The second-order valence-corrected chi connectivity index (χ2v) is 9.36. The highest BCUT2D eigenvalue weighted by atomic mass is 35.5. The maximum Gasteiger partial charge on any atom is 0.267 e. The van der Waals surface area contributed by atoms with Gasteiger partial charge in [-0.2, -0.15) is 0 Å². The summed E-state index contributed by atoms with van der Waals surface area (Å²) in [6.45, 7) is 0. The molecule has 0 unspecified atom stereocenters. The number of carbonyl (C=O) groups is 1. The lowest BCUT2D eigenvalue weighted by Gasteiger charge is -2.06. The Morgan fingerprint density at radius 2 is 1.88 bits per heavy atom. The highest BCUT2D eigenvalue weighted by Gasteiger charge is 2.20. The normalized spacial score (nSPS) is 11.7. The Morgan fingerprint density at radius 1 is 1.15 bits per heavy atom. The number of rotatable bonds is 4. The summed E-state index contributed by atoms with van der Waals surface area (Å²) in [4.78, 5) is 12.9. The molecule has 3 aromatic rings. The fourth-order valence-electron chi connectivity index (χ4n) is 2.42. The number of halogens is 3. The van der Waals surface area contributed by atoms with E-state index in [1.807, 2.05) is 0 Å². The van der Waals surface area contributed by atoms with E-state index in [1.54, 1.807) is 30.3 Å². The Labute approximate surface area is 168 Å². The lowest BCUT2D eigenvalue weighted by molar-refractivity contribution is 0.103. The van der Waals surface area contributed by atoms with Crippen molar-refractivity contribution in [1.29, 1.82) is 0 Å². The van der Waals surface area contributed by atoms with Crippen molar-refractivity contribution in [2.24, 2.45) is 5.14 Å². The van der Waals surface area contributed by atoms with E-state index in [2.05, 4.69) is 5.32 Å². The van der Waals surface area contributed by atoms with Crippen LogP contribution < -0.4 is 10.5 Å². The van der Waals surface area contributed by atoms with E-state index in [9.17, 15) is 13.2 Å². The van der Waals surface area contributed by atoms with Crippen LogP contribution in [0.2, 0.25) is 15.1 Å². The molecular weight excluding hydrogens is 439 g/mol. The average Bonchev–Trinajstić information content (AvgIpc) is 2.82. The van der Waals surface area contributed by atoms with Crippen molar-refractivity contribution in [3.05, 3.63) is 61.9 Å². The van der Waals surface area contributed by atoms with Crippen molar-refractivity contribution in [1.82, 2.24) is 0 Å². The number of sulfonamides is 1. The van der Waals surface area contributed by atoms with Crippen molar-refractivity contribution in [3.8, 4) is 0 Å². The molecule has 0 fully saturated rings. The van der Waals surface area contributed by atoms with Crippen LogP contribution >= 0.6 is 46.1 Å². The van der Waals surface area contributed by atoms with Crippen molar-refractivity contribution in [2.45, 2.75) is 5.75 Å². The zero-order chi connectivity index (χ0) is 19.1. The van der Waals surface area contributed by atoms with Crippen molar-refractivity contribution >= 4 is 77.8 Å². The first kappa shape index (κ1) is 19.4. The summed E-state index contributed by atoms with van der Waals surface area (Å²) in [5.74, 6) is -0.759. The van der Waals surface area contributed by atoms with Gasteiger partial charge in [0.25, 0.3) is 5.91 Å². The molecule has 10 heteroatoms. The zero-order valence-electron chi connectivity index (χ0n) is 12.9. The van der Waals surface area contributed by atoms with Crippen LogP contribution in [-0.2, 0) is 15.8 Å². The van der Waals surface area contributed by atoms with E-state index in [1.165, 1.54) is 17.4 Å². The first-order valence-corrected chi connectivity index (χ1v) is 10.8. The van der Waals surface area contributed by atoms with Crippen LogP contribution in [0.5, 0.6) is 0 Å². The Kier molecular flexibility index (Phi) is 5.48. The van der Waals surface area contributed by atoms with Crippen LogP contribution in [0.4, 0.5) is 5.69 Å². The number of hydrogen-bond donors (Lipinski definition) is 2. The van der Waals surface area contributed by atoms with Crippen LogP contribution in [0.1, 0.15) is 15.2 Å². The number of fused-ring (bicyclic) bond motifs is 1. The molecule has 0 bridgehead atoms. The van der Waals surface area contributed by atoms with E-state index in [4.69, 9.17) is 39.9 Å². The van der Waals surface area contributed by atoms with Crippen LogP contribution in [0.25, 0.3) is 10.1 Å². The molecule has 1 heterocycles. The van der Waals surface area contributed by atoms with Gasteiger partial charge in [0.05, 0.1) is 15.8 Å². The number of benzene rings is 2. The number of thiophene rings is 1. The first-order valence-electron chi connectivity index (χ1n) is 7.12. The van der Waals surface area contributed by atoms with Crippen molar-refractivity contribution < 1.29 is 13.2 Å². The van der Waals surface area contributed by atoms with Gasteiger partial charge in [-0.15, -0.1) is 11.3 Å². The third kappa shape index (κ3) is 4.31. The van der Waals surface area contributed by atoms with Crippen LogP contribution in [0, 0.1) is 0 Å². The molecule has 0 aliphatic rings. The molecule has 1 amide bonds. The molecule has 3 N–H and O–H groups in total. The number of hydrogen-bond acceptors (Lipinski definition) is 4. The van der Waals surface area contributed by atoms with Gasteiger partial charge in [0.2, 0.25) is 10.0 Å². The maximum atomic E-state index is 12.6. The largest absolute Gasteiger partial charge is 0.321 e. The molecule has 5 nitrogen and oxygen atoms in total. The summed E-state index contributed by atoms with van der Waals surface area (Å²) in [7, 11) is -3.67. The number of nitrogens with two attached hydrogens (primary N) is 1. The first-order chi connectivity index (χ1) is 12.1. The van der Waals surface area contributed by atoms with Gasteiger partial charge in [0.15, 0.2) is 0 Å². The second kappa shape index (κ2) is 7.34. The Balaban J connectivity index is 1.92. The average molecular weight is 450 g/mol. The maximum absolute atomic E-state index is 12.6. The molecule has 0 atom stereocenters. The molecule has 0 aliphatic heterocycles. The molecule has 136 valence electrons. The molecule has 1 aromatic heterocycles. The smallest absolute Gasteiger partial charge is 0.267 e. The summed E-state index contributed by atoms with van der Waals surface area (Å²) in [6, 6.07) is 9.64. The van der Waals surface area contributed by atoms with Crippen LogP contribution in [0.3, 0.4) is 0 Å². The molecule has 0 saturated carbocycles. The molecule has 0 spiro atoms. The number of anilines is 1. The van der Waals surface area contributed by atoms with Gasteiger partial charge in [-0.25, -0.2) is 13.6 Å². The van der Waals surface area contributed by atoms with Crippen LogP contribution in [0.15, 0.2) is 36.4 Å². The monoisotopic (exact) mass is 448 g/mol. The topological polar surface area (TPSA) is 89.3 Å². The summed E-state index contributed by atoms with van der Waals surface area (Å²) in [5.41, 5.74) is 0.886. The number of nitrogens with one attached hydrogen (secondary N) is 1. The van der Waals surface area contributed by atoms with Gasteiger partial charge in [0, 0.05) is 20.8 Å². The molecule has 0 aliphatic carbocycles. The van der Waals surface area contributed by atoms with Crippen LogP contribution in [-0.4, -0.2) is 14.3 Å². The van der Waals surface area contributed by atoms with Gasteiger partial charge >= 0.3 is 0 Å². The minimum Gasteiger partial charge on any atom is -0.321 e. The predicted octanol–water partition coefficient (Wildman–Crippen LogP) is 4.90. The summed E-state index contributed by atoms with van der Waals surface area (Å²) < 4.78 is 23.1. The number of carbonyl (C=O) groups excluding carboxylic acids is 1. The number of amides is 1. The third-order valence-corrected chi connectivity index (χ3v) is 6.29. The SMILES string of the molecule is NS(=O)(=O)Cc1cccc(NC(=O)c2sc3cc(Cl)cc(Cl)c3c2Cl)c1. The quantitative estimate of drug-likeness (QED) is 0.593. The Morgan fingerprint density at radius 3 is 2.58 bits per heavy atom. The number of primary sulfonamides is 1. The van der Waals surface area contributed by atoms with Crippen molar-refractivity contribution in [2.75, 3.05) is 5.32 Å². The summed E-state index contributed by atoms with van der Waals surface area (Å²) in [6.07, 6.45) is 0. The molecule has 26 heavy (non-hydrogen) atoms. The molecule has 0 radical (unpaired) electrons. The third-order valence-electron chi connectivity index (χ3n) is 3.41. The summed E-state index contributed by atoms with van der Waals surface area (Å²) >= 11 is 19.6. The fraction of sp³-hybridized carbons (Fsp3) is 0.0625. The van der Waals surface area contributed by atoms with E-state index in [0.29, 0.717) is 31.4 Å². The van der Waals surface area contributed by atoms with Gasteiger partial charge < -0.3 is 5.32 Å². The van der Waals surface area contributed by atoms with E-state index in [-0.39, 0.29) is 15.7 Å². The minimum absolute atomic E-state index is 0.241. The molecule has 3 rings (SSSR count). The summed E-state index contributed by atoms with van der Waals surface area (Å²) in [5, 5.41) is 9.36. The van der Waals surface area contributed by atoms with E-state index >= 15 is 0 Å². The molecule has 0 saturated heterocycles. The highest BCUT2D eigenvalue weighted by Crippen LogP contribution is 2.41. The minimum atomic E-state index is -3.67. The molecule has 2 aromatic carbocycles. The lowest BCUT2D eigenvalue weighted by atomic mass is 10.2. The lowest BCUT2D eigenvalue weighted by Crippen LogP contribution is -2.15.